The molecule has 0 saturated heterocycles. The first-order valence-electron chi connectivity index (χ1n) is 5.87. The van der Waals surface area contributed by atoms with Crippen molar-refractivity contribution in [3.63, 3.8) is 0 Å². The van der Waals surface area contributed by atoms with Crippen LogP contribution in [0, 0.1) is 0 Å². The van der Waals surface area contributed by atoms with E-state index < -0.39 is 0 Å². The number of rotatable bonds is 3. The van der Waals surface area contributed by atoms with E-state index >= 15 is 0 Å². The molecule has 1 aromatic carbocycles. The van der Waals surface area contributed by atoms with E-state index in [4.69, 9.17) is 0 Å². The van der Waals surface area contributed by atoms with Crippen molar-refractivity contribution in [2.45, 2.75) is 38.6 Å². The molecule has 1 amide bonds. The van der Waals surface area contributed by atoms with Gasteiger partial charge < -0.3 is 4.90 Å². The summed E-state index contributed by atoms with van der Waals surface area (Å²) in [6.45, 7) is 8.91. The Morgan fingerprint density at radius 1 is 1.35 bits per heavy atom. The highest BCUT2D eigenvalue weighted by atomic mass is 79.9. The normalized spacial score (nSPS) is 11.4. The Morgan fingerprint density at radius 2 is 2.00 bits per heavy atom. The number of halogens is 1. The summed E-state index contributed by atoms with van der Waals surface area (Å²) in [5, 5.41) is 0.774. The van der Waals surface area contributed by atoms with Crippen molar-refractivity contribution < 1.29 is 4.79 Å². The van der Waals surface area contributed by atoms with Gasteiger partial charge in [-0.25, -0.2) is 0 Å². The van der Waals surface area contributed by atoms with Crippen molar-refractivity contribution in [2.24, 2.45) is 0 Å². The zero-order valence-electron chi connectivity index (χ0n) is 11.0. The topological polar surface area (TPSA) is 20.3 Å². The van der Waals surface area contributed by atoms with E-state index in [1.54, 1.807) is 0 Å². The maximum absolute atomic E-state index is 12.4. The molecular weight excluding hydrogens is 278 g/mol. The standard InChI is InChI=1S/C14H20BrNO/c1-5-16(14(2,3)4)13(17)12-8-6-7-11(9-12)10-15/h6-9H,5,10H2,1-4H3. The molecule has 0 spiro atoms. The molecule has 0 unspecified atom stereocenters. The molecule has 0 aliphatic carbocycles. The fraction of sp³-hybridized carbons (Fsp3) is 0.500. The zero-order valence-corrected chi connectivity index (χ0v) is 12.5. The van der Waals surface area contributed by atoms with Gasteiger partial charge in [-0.2, -0.15) is 0 Å². The summed E-state index contributed by atoms with van der Waals surface area (Å²) in [4.78, 5) is 14.3. The van der Waals surface area contributed by atoms with Crippen molar-refractivity contribution in [3.05, 3.63) is 35.4 Å². The molecule has 0 N–H and O–H groups in total. The van der Waals surface area contributed by atoms with Gasteiger partial charge in [0.05, 0.1) is 0 Å². The highest BCUT2D eigenvalue weighted by Gasteiger charge is 2.25. The Labute approximate surface area is 112 Å². The van der Waals surface area contributed by atoms with Crippen molar-refractivity contribution in [2.75, 3.05) is 6.54 Å². The third kappa shape index (κ3) is 3.56. The second kappa shape index (κ2) is 5.67. The van der Waals surface area contributed by atoms with Crippen LogP contribution < -0.4 is 0 Å². The van der Waals surface area contributed by atoms with Gasteiger partial charge in [0.2, 0.25) is 0 Å². The lowest BCUT2D eigenvalue weighted by molar-refractivity contribution is 0.0599. The Kier molecular flexibility index (Phi) is 4.75. The molecule has 17 heavy (non-hydrogen) atoms. The highest BCUT2D eigenvalue weighted by molar-refractivity contribution is 9.08. The first-order chi connectivity index (χ1) is 7.90. The van der Waals surface area contributed by atoms with Crippen molar-refractivity contribution in [1.82, 2.24) is 4.90 Å². The summed E-state index contributed by atoms with van der Waals surface area (Å²) in [5.74, 6) is 0.0998. The molecule has 0 radical (unpaired) electrons. The fourth-order valence-electron chi connectivity index (χ4n) is 1.87. The van der Waals surface area contributed by atoms with E-state index in [0.29, 0.717) is 0 Å². The highest BCUT2D eigenvalue weighted by Crippen LogP contribution is 2.18. The number of benzene rings is 1. The minimum absolute atomic E-state index is 0.0998. The Hall–Kier alpha value is -0.830. The molecule has 0 fully saturated rings. The van der Waals surface area contributed by atoms with Gasteiger partial charge in [-0.3, -0.25) is 4.79 Å². The van der Waals surface area contributed by atoms with E-state index in [2.05, 4.69) is 36.7 Å². The number of alkyl halides is 1. The lowest BCUT2D eigenvalue weighted by Crippen LogP contribution is -2.45. The minimum Gasteiger partial charge on any atom is -0.334 e. The zero-order chi connectivity index (χ0) is 13.1. The number of carbonyl (C=O) groups excluding carboxylic acids is 1. The molecular formula is C14H20BrNO. The summed E-state index contributed by atoms with van der Waals surface area (Å²) in [7, 11) is 0. The molecule has 2 nitrogen and oxygen atoms in total. The monoisotopic (exact) mass is 297 g/mol. The first-order valence-corrected chi connectivity index (χ1v) is 6.99. The minimum atomic E-state index is -0.143. The molecule has 0 saturated carbocycles. The van der Waals surface area contributed by atoms with E-state index in [0.717, 1.165) is 23.0 Å². The number of amides is 1. The van der Waals surface area contributed by atoms with Gasteiger partial charge in [-0.15, -0.1) is 0 Å². The molecule has 0 aliphatic heterocycles. The number of hydrogen-bond donors (Lipinski definition) is 0. The summed E-state index contributed by atoms with van der Waals surface area (Å²) >= 11 is 3.41. The Bertz CT molecular complexity index is 395. The Morgan fingerprint density at radius 3 is 2.47 bits per heavy atom. The molecule has 94 valence electrons. The van der Waals surface area contributed by atoms with Crippen LogP contribution in [-0.4, -0.2) is 22.9 Å². The van der Waals surface area contributed by atoms with Crippen molar-refractivity contribution in [1.29, 1.82) is 0 Å². The molecule has 0 aliphatic rings. The molecule has 1 rings (SSSR count). The van der Waals surface area contributed by atoms with Gasteiger partial charge in [0.25, 0.3) is 5.91 Å². The van der Waals surface area contributed by atoms with Crippen molar-refractivity contribution >= 4 is 21.8 Å². The lowest BCUT2D eigenvalue weighted by Gasteiger charge is -2.35. The predicted molar refractivity (Wildman–Crippen MR) is 75.5 cm³/mol. The van der Waals surface area contributed by atoms with Crippen LogP contribution in [0.4, 0.5) is 0 Å². The largest absolute Gasteiger partial charge is 0.334 e. The number of hydrogen-bond acceptors (Lipinski definition) is 1. The van der Waals surface area contributed by atoms with Crippen LogP contribution in [0.5, 0.6) is 0 Å². The second-order valence-corrected chi connectivity index (χ2v) is 5.61. The van der Waals surface area contributed by atoms with Crippen LogP contribution in [0.15, 0.2) is 24.3 Å². The summed E-state index contributed by atoms with van der Waals surface area (Å²) in [6.07, 6.45) is 0. The third-order valence-corrected chi connectivity index (χ3v) is 3.35. The first kappa shape index (κ1) is 14.2. The van der Waals surface area contributed by atoms with Crippen LogP contribution in [0.1, 0.15) is 43.6 Å². The lowest BCUT2D eigenvalue weighted by atomic mass is 10.0. The van der Waals surface area contributed by atoms with Gasteiger partial charge in [0, 0.05) is 23.0 Å². The van der Waals surface area contributed by atoms with E-state index in [1.165, 1.54) is 0 Å². The van der Waals surface area contributed by atoms with Gasteiger partial charge >= 0.3 is 0 Å². The number of carbonyl (C=O) groups is 1. The van der Waals surface area contributed by atoms with Crippen LogP contribution in [0.25, 0.3) is 0 Å². The van der Waals surface area contributed by atoms with Crippen LogP contribution >= 0.6 is 15.9 Å². The quantitative estimate of drug-likeness (QED) is 0.776. The molecule has 0 atom stereocenters. The molecule has 0 aromatic heterocycles. The summed E-state index contributed by atoms with van der Waals surface area (Å²) in [5.41, 5.74) is 1.75. The van der Waals surface area contributed by atoms with Gasteiger partial charge in [0.1, 0.15) is 0 Å². The predicted octanol–water partition coefficient (Wildman–Crippen LogP) is 3.84. The van der Waals surface area contributed by atoms with Crippen LogP contribution in [0.2, 0.25) is 0 Å². The Balaban J connectivity index is 3.02. The van der Waals surface area contributed by atoms with Gasteiger partial charge in [0.15, 0.2) is 0 Å². The molecule has 0 bridgehead atoms. The van der Waals surface area contributed by atoms with E-state index in [1.807, 2.05) is 36.1 Å². The molecule has 1 aromatic rings. The maximum atomic E-state index is 12.4. The average Bonchev–Trinajstić information content (AvgIpc) is 2.28. The van der Waals surface area contributed by atoms with E-state index in [9.17, 15) is 4.79 Å². The van der Waals surface area contributed by atoms with Crippen molar-refractivity contribution in [3.8, 4) is 0 Å². The van der Waals surface area contributed by atoms with Crippen LogP contribution in [-0.2, 0) is 5.33 Å². The maximum Gasteiger partial charge on any atom is 0.254 e. The summed E-state index contributed by atoms with van der Waals surface area (Å²) in [6, 6.07) is 7.77. The van der Waals surface area contributed by atoms with Gasteiger partial charge in [-0.1, -0.05) is 28.1 Å². The second-order valence-electron chi connectivity index (χ2n) is 5.05. The molecule has 3 heteroatoms. The van der Waals surface area contributed by atoms with Gasteiger partial charge in [-0.05, 0) is 45.4 Å². The fourth-order valence-corrected chi connectivity index (χ4v) is 2.21. The average molecular weight is 298 g/mol. The summed E-state index contributed by atoms with van der Waals surface area (Å²) < 4.78 is 0. The van der Waals surface area contributed by atoms with E-state index in [-0.39, 0.29) is 11.4 Å². The molecule has 0 heterocycles. The number of nitrogens with zero attached hydrogens (tertiary/aromatic N) is 1. The SMILES string of the molecule is CCN(C(=O)c1cccc(CBr)c1)C(C)(C)C. The smallest absolute Gasteiger partial charge is 0.254 e. The third-order valence-electron chi connectivity index (χ3n) is 2.70. The van der Waals surface area contributed by atoms with Crippen LogP contribution in [0.3, 0.4) is 0 Å².